The fourth-order valence-electron chi connectivity index (χ4n) is 1.13. The van der Waals surface area contributed by atoms with Gasteiger partial charge in [0.1, 0.15) is 0 Å². The third-order valence-electron chi connectivity index (χ3n) is 2.27. The summed E-state index contributed by atoms with van der Waals surface area (Å²) in [5.41, 5.74) is 0.653. The SMILES string of the molecule is COC(=O)CCN(C)S(=O)(=O)NCc1ccn[nH]1. The van der Waals surface area contributed by atoms with Gasteiger partial charge in [0.25, 0.3) is 10.2 Å². The number of methoxy groups -OCH3 is 1. The highest BCUT2D eigenvalue weighted by atomic mass is 32.2. The van der Waals surface area contributed by atoms with Gasteiger partial charge in [-0.2, -0.15) is 22.5 Å². The monoisotopic (exact) mass is 276 g/mol. The predicted octanol–water partition coefficient (Wildman–Crippen LogP) is -0.761. The highest BCUT2D eigenvalue weighted by molar-refractivity contribution is 7.87. The average Bonchev–Trinajstić information content (AvgIpc) is 2.86. The molecule has 0 aliphatic rings. The lowest BCUT2D eigenvalue weighted by molar-refractivity contribution is -0.140. The Morgan fingerprint density at radius 2 is 2.33 bits per heavy atom. The maximum atomic E-state index is 11.8. The second-order valence-corrected chi connectivity index (χ2v) is 5.42. The number of hydrogen-bond donors (Lipinski definition) is 2. The Bertz CT molecular complexity index is 471. The molecule has 8 nitrogen and oxygen atoms in total. The Kier molecular flexibility index (Phi) is 5.25. The maximum Gasteiger partial charge on any atom is 0.306 e. The summed E-state index contributed by atoms with van der Waals surface area (Å²) in [5, 5.41) is 6.34. The van der Waals surface area contributed by atoms with E-state index in [1.807, 2.05) is 0 Å². The fourth-order valence-corrected chi connectivity index (χ4v) is 2.02. The summed E-state index contributed by atoms with van der Waals surface area (Å²) in [6, 6.07) is 1.66. The lowest BCUT2D eigenvalue weighted by Crippen LogP contribution is -2.39. The topological polar surface area (TPSA) is 104 Å². The smallest absolute Gasteiger partial charge is 0.306 e. The number of aromatic amines is 1. The summed E-state index contributed by atoms with van der Waals surface area (Å²) in [5.74, 6) is -0.453. The molecule has 2 N–H and O–H groups in total. The number of aromatic nitrogens is 2. The molecule has 0 unspecified atom stereocenters. The van der Waals surface area contributed by atoms with Crippen molar-refractivity contribution in [2.24, 2.45) is 0 Å². The van der Waals surface area contributed by atoms with Crippen LogP contribution in [-0.4, -0.2) is 49.6 Å². The molecule has 0 bridgehead atoms. The molecule has 0 fully saturated rings. The van der Waals surface area contributed by atoms with E-state index in [1.165, 1.54) is 20.4 Å². The molecule has 18 heavy (non-hydrogen) atoms. The minimum absolute atomic E-state index is 0.0119. The molecule has 0 amide bonds. The quantitative estimate of drug-likeness (QED) is 0.637. The number of H-pyrrole nitrogens is 1. The van der Waals surface area contributed by atoms with Crippen LogP contribution >= 0.6 is 0 Å². The van der Waals surface area contributed by atoms with Crippen LogP contribution in [0.25, 0.3) is 0 Å². The fraction of sp³-hybridized carbons (Fsp3) is 0.556. The van der Waals surface area contributed by atoms with Gasteiger partial charge in [-0.25, -0.2) is 0 Å². The molecular weight excluding hydrogens is 260 g/mol. The number of ether oxygens (including phenoxy) is 1. The number of carbonyl (C=O) groups is 1. The summed E-state index contributed by atoms with van der Waals surface area (Å²) in [4.78, 5) is 10.9. The van der Waals surface area contributed by atoms with Crippen molar-refractivity contribution < 1.29 is 17.9 Å². The summed E-state index contributed by atoms with van der Waals surface area (Å²) >= 11 is 0. The Morgan fingerprint density at radius 1 is 1.61 bits per heavy atom. The second kappa shape index (κ2) is 6.47. The predicted molar refractivity (Wildman–Crippen MR) is 63.6 cm³/mol. The van der Waals surface area contributed by atoms with Gasteiger partial charge in [0.2, 0.25) is 0 Å². The molecule has 0 aromatic carbocycles. The van der Waals surface area contributed by atoms with Crippen LogP contribution in [0.15, 0.2) is 12.3 Å². The van der Waals surface area contributed by atoms with E-state index in [9.17, 15) is 13.2 Å². The van der Waals surface area contributed by atoms with Crippen LogP contribution in [0.4, 0.5) is 0 Å². The van der Waals surface area contributed by atoms with E-state index in [0.717, 1.165) is 4.31 Å². The number of nitrogens with one attached hydrogen (secondary N) is 2. The minimum Gasteiger partial charge on any atom is -0.469 e. The average molecular weight is 276 g/mol. The number of carbonyl (C=O) groups excluding carboxylic acids is 1. The first kappa shape index (κ1) is 14.6. The van der Waals surface area contributed by atoms with Crippen LogP contribution < -0.4 is 4.72 Å². The van der Waals surface area contributed by atoms with E-state index in [4.69, 9.17) is 0 Å². The zero-order chi connectivity index (χ0) is 13.6. The molecule has 1 rings (SSSR count). The maximum absolute atomic E-state index is 11.8. The van der Waals surface area contributed by atoms with Crippen molar-refractivity contribution in [3.63, 3.8) is 0 Å². The van der Waals surface area contributed by atoms with Crippen LogP contribution in [-0.2, 0) is 26.3 Å². The van der Waals surface area contributed by atoms with Crippen molar-refractivity contribution in [3.8, 4) is 0 Å². The van der Waals surface area contributed by atoms with E-state index in [0.29, 0.717) is 5.69 Å². The van der Waals surface area contributed by atoms with E-state index in [2.05, 4.69) is 19.7 Å². The molecule has 102 valence electrons. The van der Waals surface area contributed by atoms with Crippen molar-refractivity contribution >= 4 is 16.2 Å². The number of esters is 1. The zero-order valence-corrected chi connectivity index (χ0v) is 11.0. The van der Waals surface area contributed by atoms with E-state index in [-0.39, 0.29) is 19.5 Å². The molecule has 0 radical (unpaired) electrons. The largest absolute Gasteiger partial charge is 0.469 e. The van der Waals surface area contributed by atoms with Gasteiger partial charge in [0.05, 0.1) is 25.8 Å². The van der Waals surface area contributed by atoms with Crippen LogP contribution in [0.3, 0.4) is 0 Å². The summed E-state index contributed by atoms with van der Waals surface area (Å²) in [6.07, 6.45) is 1.54. The van der Waals surface area contributed by atoms with Gasteiger partial charge in [0, 0.05) is 19.8 Å². The van der Waals surface area contributed by atoms with Crippen LogP contribution in [0.1, 0.15) is 12.1 Å². The molecule has 0 saturated heterocycles. The van der Waals surface area contributed by atoms with E-state index >= 15 is 0 Å². The van der Waals surface area contributed by atoms with Gasteiger partial charge < -0.3 is 4.74 Å². The molecule has 0 saturated carbocycles. The van der Waals surface area contributed by atoms with Crippen molar-refractivity contribution in [1.29, 1.82) is 0 Å². The first-order valence-electron chi connectivity index (χ1n) is 5.21. The molecule has 1 heterocycles. The Morgan fingerprint density at radius 3 is 2.89 bits per heavy atom. The lowest BCUT2D eigenvalue weighted by Gasteiger charge is -2.16. The molecule has 0 aliphatic heterocycles. The number of nitrogens with zero attached hydrogens (tertiary/aromatic N) is 2. The van der Waals surface area contributed by atoms with Crippen LogP contribution in [0.5, 0.6) is 0 Å². The standard InChI is InChI=1S/C9H16N4O4S/c1-13(6-4-9(14)17-2)18(15,16)11-7-8-3-5-10-12-8/h3,5,11H,4,6-7H2,1-2H3,(H,10,12). The summed E-state index contributed by atoms with van der Waals surface area (Å²) in [6.45, 7) is 0.176. The van der Waals surface area contributed by atoms with Crippen LogP contribution in [0, 0.1) is 0 Å². The highest BCUT2D eigenvalue weighted by Crippen LogP contribution is 1.99. The third-order valence-corrected chi connectivity index (χ3v) is 3.78. The molecule has 1 aromatic heterocycles. The Balaban J connectivity index is 2.44. The molecule has 0 aliphatic carbocycles. The molecule has 0 atom stereocenters. The Labute approximate surface area is 105 Å². The number of hydrogen-bond acceptors (Lipinski definition) is 5. The lowest BCUT2D eigenvalue weighted by atomic mass is 10.4. The normalized spacial score (nSPS) is 11.7. The molecule has 0 spiro atoms. The molecule has 9 heteroatoms. The van der Waals surface area contributed by atoms with Gasteiger partial charge in [-0.3, -0.25) is 9.89 Å². The van der Waals surface area contributed by atoms with E-state index < -0.39 is 16.2 Å². The van der Waals surface area contributed by atoms with E-state index in [1.54, 1.807) is 6.07 Å². The van der Waals surface area contributed by atoms with Gasteiger partial charge >= 0.3 is 5.97 Å². The van der Waals surface area contributed by atoms with Gasteiger partial charge in [-0.05, 0) is 6.07 Å². The Hall–Kier alpha value is -1.45. The minimum atomic E-state index is -3.61. The van der Waals surface area contributed by atoms with Crippen molar-refractivity contribution in [2.45, 2.75) is 13.0 Å². The third kappa shape index (κ3) is 4.43. The second-order valence-electron chi connectivity index (χ2n) is 3.56. The zero-order valence-electron chi connectivity index (χ0n) is 10.2. The van der Waals surface area contributed by atoms with Gasteiger partial charge in [-0.15, -0.1) is 0 Å². The molecular formula is C9H16N4O4S. The van der Waals surface area contributed by atoms with Crippen molar-refractivity contribution in [3.05, 3.63) is 18.0 Å². The highest BCUT2D eigenvalue weighted by Gasteiger charge is 2.18. The van der Waals surface area contributed by atoms with Gasteiger partial charge in [0.15, 0.2) is 0 Å². The van der Waals surface area contributed by atoms with Crippen molar-refractivity contribution in [2.75, 3.05) is 20.7 Å². The number of rotatable bonds is 7. The van der Waals surface area contributed by atoms with Gasteiger partial charge in [-0.1, -0.05) is 0 Å². The molecule has 1 aromatic rings. The summed E-state index contributed by atoms with van der Waals surface area (Å²) in [7, 11) is -0.968. The van der Waals surface area contributed by atoms with Crippen LogP contribution in [0.2, 0.25) is 0 Å². The first-order valence-corrected chi connectivity index (χ1v) is 6.65. The van der Waals surface area contributed by atoms with Crippen molar-refractivity contribution in [1.82, 2.24) is 19.2 Å². The first-order chi connectivity index (χ1) is 8.45. The summed E-state index contributed by atoms with van der Waals surface area (Å²) < 4.78 is 31.4.